The van der Waals surface area contributed by atoms with Gasteiger partial charge in [-0.3, -0.25) is 0 Å². The molecule has 1 aromatic carbocycles. The van der Waals surface area contributed by atoms with Crippen LogP contribution < -0.4 is 5.32 Å². The van der Waals surface area contributed by atoms with Gasteiger partial charge in [0.25, 0.3) is 0 Å². The lowest BCUT2D eigenvalue weighted by Crippen LogP contribution is -2.32. The van der Waals surface area contributed by atoms with Gasteiger partial charge in [0.1, 0.15) is 5.82 Å². The Morgan fingerprint density at radius 3 is 2.65 bits per heavy atom. The SMILES string of the molecule is O=S1(=O)CC(O)C(Nc2ccc(Br)cc2F)C1. The fourth-order valence-corrected chi connectivity index (χ4v) is 3.85. The van der Waals surface area contributed by atoms with Crippen molar-refractivity contribution in [2.45, 2.75) is 12.1 Å². The fraction of sp³-hybridized carbons (Fsp3) is 0.400. The maximum Gasteiger partial charge on any atom is 0.155 e. The van der Waals surface area contributed by atoms with Crippen LogP contribution in [-0.2, 0) is 9.84 Å². The van der Waals surface area contributed by atoms with Gasteiger partial charge in [-0.15, -0.1) is 0 Å². The molecule has 1 saturated heterocycles. The first kappa shape index (κ1) is 12.8. The second kappa shape index (κ2) is 4.55. The van der Waals surface area contributed by atoms with Gasteiger partial charge in [0.05, 0.1) is 29.3 Å². The Balaban J connectivity index is 2.17. The molecule has 2 unspecified atom stereocenters. The zero-order valence-electron chi connectivity index (χ0n) is 8.73. The van der Waals surface area contributed by atoms with Crippen LogP contribution in [0.25, 0.3) is 0 Å². The maximum atomic E-state index is 13.5. The number of sulfone groups is 1. The van der Waals surface area contributed by atoms with E-state index in [4.69, 9.17) is 0 Å². The minimum atomic E-state index is -3.23. The predicted octanol–water partition coefficient (Wildman–Crippen LogP) is 1.16. The number of benzene rings is 1. The normalized spacial score (nSPS) is 27.0. The molecule has 0 saturated carbocycles. The monoisotopic (exact) mass is 323 g/mol. The topological polar surface area (TPSA) is 66.4 Å². The number of aliphatic hydroxyl groups excluding tert-OH is 1. The van der Waals surface area contributed by atoms with Gasteiger partial charge < -0.3 is 10.4 Å². The van der Waals surface area contributed by atoms with Crippen LogP contribution in [0.3, 0.4) is 0 Å². The van der Waals surface area contributed by atoms with Crippen molar-refractivity contribution in [1.82, 2.24) is 0 Å². The van der Waals surface area contributed by atoms with E-state index >= 15 is 0 Å². The van der Waals surface area contributed by atoms with Crippen molar-refractivity contribution >= 4 is 31.5 Å². The molecule has 94 valence electrons. The minimum Gasteiger partial charge on any atom is -0.390 e. The van der Waals surface area contributed by atoms with Crippen LogP contribution in [0, 0.1) is 5.82 Å². The van der Waals surface area contributed by atoms with E-state index in [-0.39, 0.29) is 17.2 Å². The highest BCUT2D eigenvalue weighted by Gasteiger charge is 2.36. The number of aliphatic hydroxyl groups is 1. The molecule has 4 nitrogen and oxygen atoms in total. The van der Waals surface area contributed by atoms with Crippen LogP contribution in [0.5, 0.6) is 0 Å². The zero-order valence-corrected chi connectivity index (χ0v) is 11.1. The van der Waals surface area contributed by atoms with Crippen molar-refractivity contribution in [2.24, 2.45) is 0 Å². The highest BCUT2D eigenvalue weighted by molar-refractivity contribution is 9.10. The third-order valence-corrected chi connectivity index (χ3v) is 4.80. The van der Waals surface area contributed by atoms with Crippen LogP contribution in [-0.4, -0.2) is 37.2 Å². The minimum absolute atomic E-state index is 0.177. The Hall–Kier alpha value is -0.660. The van der Waals surface area contributed by atoms with Crippen molar-refractivity contribution in [3.63, 3.8) is 0 Å². The third kappa shape index (κ3) is 2.97. The molecule has 0 spiro atoms. The molecule has 2 atom stereocenters. The zero-order chi connectivity index (χ0) is 12.6. The Morgan fingerprint density at radius 2 is 2.12 bits per heavy atom. The third-order valence-electron chi connectivity index (χ3n) is 2.59. The first-order chi connectivity index (χ1) is 7.87. The molecule has 0 amide bonds. The molecule has 2 N–H and O–H groups in total. The van der Waals surface area contributed by atoms with Crippen LogP contribution in [0.15, 0.2) is 22.7 Å². The van der Waals surface area contributed by atoms with Gasteiger partial charge in [0.15, 0.2) is 9.84 Å². The summed E-state index contributed by atoms with van der Waals surface area (Å²) in [5.74, 6) is -0.942. The van der Waals surface area contributed by atoms with Gasteiger partial charge in [-0.1, -0.05) is 15.9 Å². The van der Waals surface area contributed by atoms with Crippen LogP contribution in [0.1, 0.15) is 0 Å². The van der Waals surface area contributed by atoms with E-state index < -0.39 is 27.8 Å². The molecule has 1 fully saturated rings. The Bertz CT molecular complexity index is 534. The average molecular weight is 324 g/mol. The summed E-state index contributed by atoms with van der Waals surface area (Å²) in [4.78, 5) is 0. The smallest absolute Gasteiger partial charge is 0.155 e. The molecule has 17 heavy (non-hydrogen) atoms. The van der Waals surface area contributed by atoms with E-state index in [2.05, 4.69) is 21.2 Å². The Labute approximate surface area is 107 Å². The van der Waals surface area contributed by atoms with E-state index in [0.717, 1.165) is 0 Å². The molecule has 1 heterocycles. The molecule has 0 aromatic heterocycles. The number of anilines is 1. The summed E-state index contributed by atoms with van der Waals surface area (Å²) < 4.78 is 36.7. The fourth-order valence-electron chi connectivity index (χ4n) is 1.77. The standard InChI is InChI=1S/C10H11BrFNO3S/c11-6-1-2-8(7(12)3-6)13-9-4-17(15,16)5-10(9)14/h1-3,9-10,13-14H,4-5H2. The van der Waals surface area contributed by atoms with E-state index in [0.29, 0.717) is 4.47 Å². The molecule has 1 aromatic rings. The number of hydrogen-bond donors (Lipinski definition) is 2. The molecule has 0 radical (unpaired) electrons. The van der Waals surface area contributed by atoms with Crippen LogP contribution in [0.4, 0.5) is 10.1 Å². The lowest BCUT2D eigenvalue weighted by Gasteiger charge is -2.16. The molecule has 1 aliphatic rings. The van der Waals surface area contributed by atoms with Crippen LogP contribution in [0.2, 0.25) is 0 Å². The first-order valence-corrected chi connectivity index (χ1v) is 7.59. The highest BCUT2D eigenvalue weighted by Crippen LogP contribution is 2.23. The summed E-state index contributed by atoms with van der Waals surface area (Å²) in [5, 5.41) is 12.3. The second-order valence-electron chi connectivity index (χ2n) is 4.02. The molecule has 0 aliphatic carbocycles. The van der Waals surface area contributed by atoms with E-state index in [1.807, 2.05) is 0 Å². The number of halogens is 2. The van der Waals surface area contributed by atoms with Gasteiger partial charge in [-0.25, -0.2) is 12.8 Å². The predicted molar refractivity (Wildman–Crippen MR) is 66.2 cm³/mol. The molecular weight excluding hydrogens is 313 g/mol. The van der Waals surface area contributed by atoms with Gasteiger partial charge in [-0.05, 0) is 18.2 Å². The average Bonchev–Trinajstić information content (AvgIpc) is 2.44. The highest BCUT2D eigenvalue weighted by atomic mass is 79.9. The van der Waals surface area contributed by atoms with Gasteiger partial charge in [-0.2, -0.15) is 0 Å². The first-order valence-electron chi connectivity index (χ1n) is 4.97. The molecule has 2 rings (SSSR count). The number of nitrogens with one attached hydrogen (secondary N) is 1. The molecular formula is C10H11BrFNO3S. The second-order valence-corrected chi connectivity index (χ2v) is 7.09. The van der Waals surface area contributed by atoms with E-state index in [9.17, 15) is 17.9 Å². The van der Waals surface area contributed by atoms with Crippen molar-refractivity contribution in [2.75, 3.05) is 16.8 Å². The quantitative estimate of drug-likeness (QED) is 0.857. The van der Waals surface area contributed by atoms with Crippen molar-refractivity contribution in [3.05, 3.63) is 28.5 Å². The lowest BCUT2D eigenvalue weighted by molar-refractivity contribution is 0.190. The Morgan fingerprint density at radius 1 is 1.41 bits per heavy atom. The summed E-state index contributed by atoms with van der Waals surface area (Å²) in [6.07, 6.45) is -0.997. The summed E-state index contributed by atoms with van der Waals surface area (Å²) in [5.41, 5.74) is 0.189. The summed E-state index contributed by atoms with van der Waals surface area (Å²) in [6, 6.07) is 3.76. The van der Waals surface area contributed by atoms with E-state index in [1.54, 1.807) is 6.07 Å². The number of rotatable bonds is 2. The Kier molecular flexibility index (Phi) is 3.42. The maximum absolute atomic E-state index is 13.5. The van der Waals surface area contributed by atoms with Crippen molar-refractivity contribution in [3.8, 4) is 0 Å². The summed E-state index contributed by atoms with van der Waals surface area (Å²) >= 11 is 3.13. The largest absolute Gasteiger partial charge is 0.390 e. The van der Waals surface area contributed by atoms with E-state index in [1.165, 1.54) is 12.1 Å². The molecule has 0 bridgehead atoms. The summed E-state index contributed by atoms with van der Waals surface area (Å²) in [6.45, 7) is 0. The van der Waals surface area contributed by atoms with Crippen molar-refractivity contribution < 1.29 is 17.9 Å². The van der Waals surface area contributed by atoms with Crippen molar-refractivity contribution in [1.29, 1.82) is 0 Å². The van der Waals surface area contributed by atoms with Crippen LogP contribution >= 0.6 is 15.9 Å². The van der Waals surface area contributed by atoms with Gasteiger partial charge in [0.2, 0.25) is 0 Å². The molecule has 1 aliphatic heterocycles. The molecule has 7 heteroatoms. The summed E-state index contributed by atoms with van der Waals surface area (Å²) in [7, 11) is -3.23. The number of hydrogen-bond acceptors (Lipinski definition) is 4. The van der Waals surface area contributed by atoms with Gasteiger partial charge >= 0.3 is 0 Å². The van der Waals surface area contributed by atoms with Gasteiger partial charge in [0, 0.05) is 4.47 Å². The lowest BCUT2D eigenvalue weighted by atomic mass is 10.2.